The molecule has 0 spiro atoms. The molecular formula is C20H17Br2O6-. The number of benzene rings is 2. The second kappa shape index (κ2) is 9.84. The summed E-state index contributed by atoms with van der Waals surface area (Å²) in [7, 11) is 0. The number of carbonyl (C=O) groups is 3. The van der Waals surface area contributed by atoms with E-state index in [1.165, 1.54) is 0 Å². The molecule has 148 valence electrons. The van der Waals surface area contributed by atoms with E-state index in [-0.39, 0.29) is 17.1 Å². The summed E-state index contributed by atoms with van der Waals surface area (Å²) in [6, 6.07) is 13.3. The van der Waals surface area contributed by atoms with Crippen LogP contribution in [-0.4, -0.2) is 28.6 Å². The zero-order valence-electron chi connectivity index (χ0n) is 14.9. The van der Waals surface area contributed by atoms with Crippen molar-refractivity contribution in [1.82, 2.24) is 0 Å². The Morgan fingerprint density at radius 1 is 0.821 bits per heavy atom. The second-order valence-corrected chi connectivity index (χ2v) is 7.27. The maximum atomic E-state index is 11.4. The summed E-state index contributed by atoms with van der Waals surface area (Å²) in [5, 5.41) is 11.5. The highest BCUT2D eigenvalue weighted by molar-refractivity contribution is 9.09. The predicted octanol–water partition coefficient (Wildman–Crippen LogP) is 2.73. The number of halogens is 2. The van der Waals surface area contributed by atoms with Crippen molar-refractivity contribution in [3.8, 4) is 11.5 Å². The van der Waals surface area contributed by atoms with Gasteiger partial charge in [-0.3, -0.25) is 9.59 Å². The van der Waals surface area contributed by atoms with Crippen molar-refractivity contribution in [2.75, 3.05) is 10.7 Å². The first-order valence-corrected chi connectivity index (χ1v) is 10.5. The van der Waals surface area contributed by atoms with Gasteiger partial charge in [0.2, 0.25) is 0 Å². The SMILES string of the molecule is CC(CC(=O)[O-])(c1ccc(OC(=O)CBr)cc1)c1ccc(OC(=O)CBr)cc1. The minimum absolute atomic E-state index is 0.0726. The average molecular weight is 513 g/mol. The van der Waals surface area contributed by atoms with E-state index in [0.717, 1.165) is 0 Å². The molecule has 0 atom stereocenters. The van der Waals surface area contributed by atoms with E-state index < -0.39 is 23.3 Å². The standard InChI is InChI=1S/C20H18Br2O6/c1-20(10-17(23)24,13-2-6-15(7-3-13)27-18(25)11-21)14-4-8-16(9-5-14)28-19(26)12-22/h2-9H,10-12H2,1H3,(H,23,24)/p-1. The van der Waals surface area contributed by atoms with Crippen LogP contribution in [0.3, 0.4) is 0 Å². The highest BCUT2D eigenvalue weighted by Gasteiger charge is 2.29. The first-order valence-electron chi connectivity index (χ1n) is 8.22. The number of alkyl halides is 2. The summed E-state index contributed by atoms with van der Waals surface area (Å²) in [4.78, 5) is 34.1. The summed E-state index contributed by atoms with van der Waals surface area (Å²) >= 11 is 6.04. The smallest absolute Gasteiger partial charge is 0.321 e. The molecule has 0 saturated heterocycles. The van der Waals surface area contributed by atoms with Crippen molar-refractivity contribution in [3.63, 3.8) is 0 Å². The maximum Gasteiger partial charge on any atom is 0.321 e. The van der Waals surface area contributed by atoms with Crippen LogP contribution in [0.5, 0.6) is 11.5 Å². The predicted molar refractivity (Wildman–Crippen MR) is 108 cm³/mol. The lowest BCUT2D eigenvalue weighted by atomic mass is 9.74. The number of aliphatic carboxylic acids is 1. The highest BCUT2D eigenvalue weighted by atomic mass is 79.9. The lowest BCUT2D eigenvalue weighted by Gasteiger charge is -2.31. The summed E-state index contributed by atoms with van der Waals surface area (Å²) in [6.45, 7) is 1.78. The Hall–Kier alpha value is -2.19. The molecule has 0 N–H and O–H groups in total. The van der Waals surface area contributed by atoms with Gasteiger partial charge in [-0.05, 0) is 35.4 Å². The number of hydrogen-bond donors (Lipinski definition) is 0. The summed E-state index contributed by atoms with van der Waals surface area (Å²) < 4.78 is 10.2. The van der Waals surface area contributed by atoms with Crippen LogP contribution in [0.25, 0.3) is 0 Å². The van der Waals surface area contributed by atoms with Crippen LogP contribution in [0.15, 0.2) is 48.5 Å². The molecule has 0 fully saturated rings. The monoisotopic (exact) mass is 511 g/mol. The number of esters is 2. The van der Waals surface area contributed by atoms with Gasteiger partial charge in [0.15, 0.2) is 0 Å². The van der Waals surface area contributed by atoms with Crippen LogP contribution >= 0.6 is 31.9 Å². The third kappa shape index (κ3) is 5.65. The molecule has 0 amide bonds. The van der Waals surface area contributed by atoms with Crippen LogP contribution in [0.2, 0.25) is 0 Å². The van der Waals surface area contributed by atoms with E-state index >= 15 is 0 Å². The average Bonchev–Trinajstić information content (AvgIpc) is 2.68. The van der Waals surface area contributed by atoms with Crippen LogP contribution < -0.4 is 14.6 Å². The first kappa shape index (κ1) is 22.1. The van der Waals surface area contributed by atoms with Crippen molar-refractivity contribution in [3.05, 3.63) is 59.7 Å². The quantitative estimate of drug-likeness (QED) is 0.307. The number of carboxylic acids is 1. The zero-order valence-corrected chi connectivity index (χ0v) is 18.1. The van der Waals surface area contributed by atoms with E-state index in [0.29, 0.717) is 22.6 Å². The Kier molecular flexibility index (Phi) is 7.77. The molecule has 0 saturated carbocycles. The fourth-order valence-electron chi connectivity index (χ4n) is 2.76. The molecule has 28 heavy (non-hydrogen) atoms. The maximum absolute atomic E-state index is 11.4. The summed E-state index contributed by atoms with van der Waals surface area (Å²) in [5.41, 5.74) is 0.524. The van der Waals surface area contributed by atoms with Gasteiger partial charge in [0.05, 0.1) is 0 Å². The van der Waals surface area contributed by atoms with Gasteiger partial charge in [-0.25, -0.2) is 0 Å². The lowest BCUT2D eigenvalue weighted by Crippen LogP contribution is -2.34. The van der Waals surface area contributed by atoms with Crippen molar-refractivity contribution in [1.29, 1.82) is 0 Å². The van der Waals surface area contributed by atoms with Gasteiger partial charge in [-0.15, -0.1) is 0 Å². The van der Waals surface area contributed by atoms with Crippen LogP contribution in [0.4, 0.5) is 0 Å². The van der Waals surface area contributed by atoms with Crippen LogP contribution in [0, 0.1) is 0 Å². The van der Waals surface area contributed by atoms with Crippen molar-refractivity contribution in [2.45, 2.75) is 18.8 Å². The number of carboxylic acid groups (broad SMARTS) is 1. The third-order valence-electron chi connectivity index (χ3n) is 4.16. The van der Waals surface area contributed by atoms with Crippen LogP contribution in [0.1, 0.15) is 24.5 Å². The molecule has 6 nitrogen and oxygen atoms in total. The molecule has 0 aliphatic heterocycles. The Morgan fingerprint density at radius 2 is 1.18 bits per heavy atom. The van der Waals surface area contributed by atoms with Gasteiger partial charge < -0.3 is 19.4 Å². The van der Waals surface area contributed by atoms with Crippen molar-refractivity contribution in [2.24, 2.45) is 0 Å². The molecule has 0 aliphatic carbocycles. The summed E-state index contributed by atoms with van der Waals surface area (Å²) in [6.07, 6.45) is -0.256. The van der Waals surface area contributed by atoms with Crippen molar-refractivity contribution < 1.29 is 29.0 Å². The molecule has 0 bridgehead atoms. The fourth-order valence-corrected chi connectivity index (χ4v) is 2.99. The van der Waals surface area contributed by atoms with Gasteiger partial charge >= 0.3 is 11.9 Å². The molecule has 0 aliphatic rings. The fraction of sp³-hybridized carbons (Fsp3) is 0.250. The molecule has 8 heteroatoms. The normalized spacial score (nSPS) is 11.0. The van der Waals surface area contributed by atoms with E-state index in [1.54, 1.807) is 55.5 Å². The molecular weight excluding hydrogens is 496 g/mol. The largest absolute Gasteiger partial charge is 0.550 e. The number of ether oxygens (including phenoxy) is 2. The molecule has 2 aromatic rings. The number of hydrogen-bond acceptors (Lipinski definition) is 6. The number of carbonyl (C=O) groups excluding carboxylic acids is 3. The Balaban J connectivity index is 2.34. The molecule has 0 aromatic heterocycles. The van der Waals surface area contributed by atoms with Gasteiger partial charge in [-0.1, -0.05) is 63.0 Å². The Labute approximate surface area is 179 Å². The number of rotatable bonds is 8. The van der Waals surface area contributed by atoms with E-state index in [2.05, 4.69) is 31.9 Å². The Bertz CT molecular complexity index is 785. The zero-order chi connectivity index (χ0) is 20.7. The molecule has 0 unspecified atom stereocenters. The van der Waals surface area contributed by atoms with E-state index in [9.17, 15) is 19.5 Å². The molecule has 2 rings (SSSR count). The third-order valence-corrected chi connectivity index (χ3v) is 5.08. The molecule has 0 radical (unpaired) electrons. The first-order chi connectivity index (χ1) is 13.3. The molecule has 0 heterocycles. The summed E-state index contributed by atoms with van der Waals surface area (Å²) in [5.74, 6) is -1.34. The minimum atomic E-state index is -1.20. The van der Waals surface area contributed by atoms with Crippen molar-refractivity contribution >= 4 is 49.8 Å². The van der Waals surface area contributed by atoms with E-state index in [4.69, 9.17) is 9.47 Å². The Morgan fingerprint density at radius 3 is 1.46 bits per heavy atom. The highest BCUT2D eigenvalue weighted by Crippen LogP contribution is 2.36. The van der Waals surface area contributed by atoms with Crippen LogP contribution in [-0.2, 0) is 19.8 Å². The van der Waals surface area contributed by atoms with Gasteiger partial charge in [0.1, 0.15) is 22.2 Å². The minimum Gasteiger partial charge on any atom is -0.550 e. The van der Waals surface area contributed by atoms with Gasteiger partial charge in [-0.2, -0.15) is 0 Å². The topological polar surface area (TPSA) is 92.7 Å². The van der Waals surface area contributed by atoms with Gasteiger partial charge in [0.25, 0.3) is 0 Å². The molecule has 2 aromatic carbocycles. The van der Waals surface area contributed by atoms with E-state index in [1.807, 2.05) is 0 Å². The van der Waals surface area contributed by atoms with Gasteiger partial charge in [0, 0.05) is 17.8 Å². The lowest BCUT2D eigenvalue weighted by molar-refractivity contribution is -0.306. The second-order valence-electron chi connectivity index (χ2n) is 6.15.